The molecule has 1 aliphatic carbocycles. The van der Waals surface area contributed by atoms with E-state index >= 15 is 0 Å². The molecule has 0 bridgehead atoms. The van der Waals surface area contributed by atoms with Crippen LogP contribution in [0.15, 0.2) is 0 Å². The Bertz CT molecular complexity index is 286. The summed E-state index contributed by atoms with van der Waals surface area (Å²) in [5.74, 6) is 1.77. The summed E-state index contributed by atoms with van der Waals surface area (Å²) < 4.78 is 0. The van der Waals surface area contributed by atoms with E-state index in [9.17, 15) is 4.79 Å². The molecule has 0 radical (unpaired) electrons. The van der Waals surface area contributed by atoms with Crippen LogP contribution in [0.3, 0.4) is 0 Å². The predicted molar refractivity (Wildman–Crippen MR) is 69.5 cm³/mol. The Balaban J connectivity index is 1.94. The molecule has 17 heavy (non-hydrogen) atoms. The van der Waals surface area contributed by atoms with Crippen LogP contribution >= 0.6 is 0 Å². The molecule has 1 N–H and O–H groups in total. The van der Waals surface area contributed by atoms with E-state index in [2.05, 4.69) is 37.9 Å². The van der Waals surface area contributed by atoms with Crippen LogP contribution in [0.1, 0.15) is 53.4 Å². The van der Waals surface area contributed by atoms with E-state index in [0.717, 1.165) is 12.3 Å². The average Bonchev–Trinajstić information content (AvgIpc) is 2.95. The Morgan fingerprint density at radius 1 is 1.29 bits per heavy atom. The van der Waals surface area contributed by atoms with Gasteiger partial charge in [-0.25, -0.2) is 0 Å². The van der Waals surface area contributed by atoms with Gasteiger partial charge in [-0.3, -0.25) is 10.1 Å². The van der Waals surface area contributed by atoms with Crippen LogP contribution in [0.2, 0.25) is 0 Å². The minimum absolute atomic E-state index is 0.0478. The standard InChI is InChI=1S/C14H26N2O/c1-9(2)7-13-14(17)16(11(4)15-13)10(3)8-12-5-6-12/h9-13,15H,5-8H2,1-4H3. The summed E-state index contributed by atoms with van der Waals surface area (Å²) in [6.45, 7) is 8.67. The molecule has 1 saturated carbocycles. The molecule has 3 atom stereocenters. The van der Waals surface area contributed by atoms with Crippen molar-refractivity contribution in [1.82, 2.24) is 10.2 Å². The molecular formula is C14H26N2O. The molecule has 3 heteroatoms. The second kappa shape index (κ2) is 4.97. The van der Waals surface area contributed by atoms with Crippen LogP contribution < -0.4 is 5.32 Å². The summed E-state index contributed by atoms with van der Waals surface area (Å²) in [5, 5.41) is 3.44. The Labute approximate surface area is 105 Å². The smallest absolute Gasteiger partial charge is 0.241 e. The third-order valence-electron chi connectivity index (χ3n) is 3.97. The number of hydrogen-bond acceptors (Lipinski definition) is 2. The lowest BCUT2D eigenvalue weighted by molar-refractivity contribution is -0.132. The van der Waals surface area contributed by atoms with Gasteiger partial charge >= 0.3 is 0 Å². The quantitative estimate of drug-likeness (QED) is 0.797. The van der Waals surface area contributed by atoms with Crippen LogP contribution in [-0.2, 0) is 4.79 Å². The van der Waals surface area contributed by atoms with Crippen LogP contribution in [0.5, 0.6) is 0 Å². The lowest BCUT2D eigenvalue weighted by atomic mass is 10.0. The van der Waals surface area contributed by atoms with E-state index in [1.807, 2.05) is 0 Å². The van der Waals surface area contributed by atoms with Crippen molar-refractivity contribution in [3.05, 3.63) is 0 Å². The molecule has 0 spiro atoms. The van der Waals surface area contributed by atoms with Crippen molar-refractivity contribution in [3.63, 3.8) is 0 Å². The second-order valence-corrected chi connectivity index (χ2v) is 6.30. The molecular weight excluding hydrogens is 212 g/mol. The maximum atomic E-state index is 12.4. The molecule has 1 heterocycles. The summed E-state index contributed by atoms with van der Waals surface area (Å²) >= 11 is 0. The summed E-state index contributed by atoms with van der Waals surface area (Å²) in [6.07, 6.45) is 5.08. The number of amides is 1. The van der Waals surface area contributed by atoms with Crippen LogP contribution in [0.4, 0.5) is 0 Å². The van der Waals surface area contributed by atoms with Crippen LogP contribution in [0, 0.1) is 11.8 Å². The number of hydrogen-bond donors (Lipinski definition) is 1. The number of carbonyl (C=O) groups excluding carboxylic acids is 1. The van der Waals surface area contributed by atoms with Gasteiger partial charge in [-0.2, -0.15) is 0 Å². The van der Waals surface area contributed by atoms with Gasteiger partial charge in [-0.15, -0.1) is 0 Å². The minimum atomic E-state index is 0.0478. The van der Waals surface area contributed by atoms with E-state index in [4.69, 9.17) is 0 Å². The lowest BCUT2D eigenvalue weighted by Crippen LogP contribution is -2.41. The summed E-state index contributed by atoms with van der Waals surface area (Å²) in [7, 11) is 0. The molecule has 0 aromatic heterocycles. The highest BCUT2D eigenvalue weighted by Crippen LogP contribution is 2.35. The van der Waals surface area contributed by atoms with Crippen LogP contribution in [0.25, 0.3) is 0 Å². The highest BCUT2D eigenvalue weighted by molar-refractivity contribution is 5.84. The topological polar surface area (TPSA) is 32.3 Å². The molecule has 1 aliphatic heterocycles. The molecule has 0 aromatic carbocycles. The monoisotopic (exact) mass is 238 g/mol. The van der Waals surface area contributed by atoms with Crippen molar-refractivity contribution in [2.45, 2.75) is 71.6 Å². The fourth-order valence-corrected chi connectivity index (χ4v) is 3.00. The first-order valence-corrected chi connectivity index (χ1v) is 7.07. The van der Waals surface area contributed by atoms with Gasteiger partial charge in [-0.1, -0.05) is 26.7 Å². The Morgan fingerprint density at radius 3 is 2.47 bits per heavy atom. The minimum Gasteiger partial charge on any atom is -0.323 e. The largest absolute Gasteiger partial charge is 0.323 e. The van der Waals surface area contributed by atoms with Crippen molar-refractivity contribution in [1.29, 1.82) is 0 Å². The summed E-state index contributed by atoms with van der Waals surface area (Å²) in [5.41, 5.74) is 0. The summed E-state index contributed by atoms with van der Waals surface area (Å²) in [4.78, 5) is 14.4. The van der Waals surface area contributed by atoms with Crippen LogP contribution in [-0.4, -0.2) is 29.1 Å². The van der Waals surface area contributed by atoms with Crippen molar-refractivity contribution in [3.8, 4) is 0 Å². The third-order valence-corrected chi connectivity index (χ3v) is 3.97. The van der Waals surface area contributed by atoms with Gasteiger partial charge in [0.25, 0.3) is 0 Å². The first kappa shape index (κ1) is 12.9. The molecule has 2 rings (SSSR count). The normalized spacial score (nSPS) is 31.4. The molecule has 3 unspecified atom stereocenters. The van der Waals surface area contributed by atoms with Crippen molar-refractivity contribution >= 4 is 5.91 Å². The zero-order valence-electron chi connectivity index (χ0n) is 11.6. The Morgan fingerprint density at radius 2 is 1.94 bits per heavy atom. The molecule has 1 saturated heterocycles. The zero-order chi connectivity index (χ0) is 12.6. The maximum Gasteiger partial charge on any atom is 0.241 e. The van der Waals surface area contributed by atoms with Gasteiger partial charge in [0.2, 0.25) is 5.91 Å². The van der Waals surface area contributed by atoms with E-state index in [0.29, 0.717) is 17.9 Å². The van der Waals surface area contributed by atoms with E-state index in [1.165, 1.54) is 19.3 Å². The molecule has 2 aliphatic rings. The number of rotatable bonds is 5. The fourth-order valence-electron chi connectivity index (χ4n) is 3.00. The molecule has 0 aromatic rings. The first-order valence-electron chi connectivity index (χ1n) is 7.07. The van der Waals surface area contributed by atoms with Gasteiger partial charge in [0.15, 0.2) is 0 Å². The first-order chi connectivity index (χ1) is 7.99. The van der Waals surface area contributed by atoms with E-state index in [1.54, 1.807) is 0 Å². The molecule has 2 fully saturated rings. The van der Waals surface area contributed by atoms with Crippen molar-refractivity contribution < 1.29 is 4.79 Å². The lowest BCUT2D eigenvalue weighted by Gasteiger charge is -2.28. The van der Waals surface area contributed by atoms with Gasteiger partial charge in [0.1, 0.15) is 0 Å². The van der Waals surface area contributed by atoms with E-state index in [-0.39, 0.29) is 12.2 Å². The number of carbonyl (C=O) groups is 1. The predicted octanol–water partition coefficient (Wildman–Crippen LogP) is 2.37. The SMILES string of the molecule is CC(C)CC1NC(C)N(C(C)CC2CC2)C1=O. The van der Waals surface area contributed by atoms with Gasteiger partial charge < -0.3 is 4.90 Å². The zero-order valence-corrected chi connectivity index (χ0v) is 11.6. The van der Waals surface area contributed by atoms with E-state index < -0.39 is 0 Å². The molecule has 1 amide bonds. The summed E-state index contributed by atoms with van der Waals surface area (Å²) in [6, 6.07) is 0.446. The van der Waals surface area contributed by atoms with Gasteiger partial charge in [0.05, 0.1) is 12.2 Å². The van der Waals surface area contributed by atoms with Gasteiger partial charge in [0, 0.05) is 6.04 Å². The highest BCUT2D eigenvalue weighted by Gasteiger charge is 2.40. The Kier molecular flexibility index (Phi) is 3.76. The molecule has 3 nitrogen and oxygen atoms in total. The molecule has 98 valence electrons. The van der Waals surface area contributed by atoms with Crippen molar-refractivity contribution in [2.75, 3.05) is 0 Å². The number of nitrogens with one attached hydrogen (secondary N) is 1. The number of nitrogens with zero attached hydrogens (tertiary/aromatic N) is 1. The van der Waals surface area contributed by atoms with Gasteiger partial charge in [-0.05, 0) is 38.5 Å². The maximum absolute atomic E-state index is 12.4. The van der Waals surface area contributed by atoms with Crippen molar-refractivity contribution in [2.24, 2.45) is 11.8 Å². The second-order valence-electron chi connectivity index (χ2n) is 6.30. The highest BCUT2D eigenvalue weighted by atomic mass is 16.2. The average molecular weight is 238 g/mol. The third kappa shape index (κ3) is 3.01. The Hall–Kier alpha value is -0.570. The fraction of sp³-hybridized carbons (Fsp3) is 0.929.